The molecule has 0 bridgehead atoms. The summed E-state index contributed by atoms with van der Waals surface area (Å²) in [5.74, 6) is 0.935. The molecule has 0 N–H and O–H groups in total. The Morgan fingerprint density at radius 2 is 2.00 bits per heavy atom. The quantitative estimate of drug-likeness (QED) is 0.724. The van der Waals surface area contributed by atoms with Crippen molar-refractivity contribution in [2.75, 3.05) is 0 Å². The van der Waals surface area contributed by atoms with E-state index in [9.17, 15) is 4.79 Å². The molecule has 0 spiro atoms. The molecule has 0 atom stereocenters. The molecule has 1 aromatic rings. The highest BCUT2D eigenvalue weighted by molar-refractivity contribution is 9.10. The number of halogens is 1. The van der Waals surface area contributed by atoms with Gasteiger partial charge >= 0.3 is 0 Å². The van der Waals surface area contributed by atoms with Crippen LogP contribution >= 0.6 is 15.9 Å². The lowest BCUT2D eigenvalue weighted by molar-refractivity contribution is 0.0949. The molecule has 1 aliphatic rings. The molecule has 2 heteroatoms. The summed E-state index contributed by atoms with van der Waals surface area (Å²) in [4.78, 5) is 12.3. The molecule has 1 fully saturated rings. The minimum atomic E-state index is 0.315. The van der Waals surface area contributed by atoms with Gasteiger partial charge in [0.15, 0.2) is 5.78 Å². The van der Waals surface area contributed by atoms with E-state index in [0.717, 1.165) is 22.0 Å². The van der Waals surface area contributed by atoms with E-state index in [1.807, 2.05) is 25.1 Å². The number of rotatable bonds is 3. The van der Waals surface area contributed by atoms with E-state index >= 15 is 0 Å². The summed E-state index contributed by atoms with van der Waals surface area (Å²) in [6.45, 7) is 2.01. The van der Waals surface area contributed by atoms with Gasteiger partial charge < -0.3 is 0 Å². The number of Topliss-reactive ketones (excluding diaryl/α,β-unsaturated/α-hetero) is 1. The summed E-state index contributed by atoms with van der Waals surface area (Å²) in [6, 6.07) is 5.89. The van der Waals surface area contributed by atoms with Crippen molar-refractivity contribution in [2.45, 2.75) is 45.4 Å². The van der Waals surface area contributed by atoms with Crippen LogP contribution < -0.4 is 0 Å². The molecule has 0 unspecified atom stereocenters. The summed E-state index contributed by atoms with van der Waals surface area (Å²) >= 11 is 3.49. The normalized spacial score (nSPS) is 17.1. The third kappa shape index (κ3) is 3.19. The van der Waals surface area contributed by atoms with Crippen molar-refractivity contribution in [3.05, 3.63) is 33.8 Å². The van der Waals surface area contributed by atoms with Crippen molar-refractivity contribution in [2.24, 2.45) is 5.92 Å². The fraction of sp³-hybridized carbons (Fsp3) is 0.533. The van der Waals surface area contributed by atoms with Gasteiger partial charge in [-0.25, -0.2) is 0 Å². The Morgan fingerprint density at radius 3 is 2.71 bits per heavy atom. The average Bonchev–Trinajstić information content (AvgIpc) is 2.34. The predicted molar refractivity (Wildman–Crippen MR) is 74.4 cm³/mol. The lowest BCUT2D eigenvalue weighted by Gasteiger charge is -2.21. The topological polar surface area (TPSA) is 17.1 Å². The van der Waals surface area contributed by atoms with Gasteiger partial charge in [0.1, 0.15) is 0 Å². The van der Waals surface area contributed by atoms with E-state index in [1.165, 1.54) is 32.1 Å². The molecule has 1 nitrogen and oxygen atoms in total. The third-order valence-electron chi connectivity index (χ3n) is 3.77. The number of carbonyl (C=O) groups excluding carboxylic acids is 1. The first-order valence-corrected chi connectivity index (χ1v) is 7.26. The molecule has 2 rings (SSSR count). The van der Waals surface area contributed by atoms with Crippen molar-refractivity contribution >= 4 is 21.7 Å². The molecule has 0 aliphatic heterocycles. The van der Waals surface area contributed by atoms with Gasteiger partial charge in [0.25, 0.3) is 0 Å². The van der Waals surface area contributed by atoms with E-state index in [1.54, 1.807) is 0 Å². The molecule has 92 valence electrons. The Labute approximate surface area is 112 Å². The summed E-state index contributed by atoms with van der Waals surface area (Å²) in [6.07, 6.45) is 7.15. The number of hydrogen-bond acceptors (Lipinski definition) is 1. The average molecular weight is 295 g/mol. The SMILES string of the molecule is Cc1c(Br)cccc1C(=O)CC1CCCCC1. The fourth-order valence-electron chi connectivity index (χ4n) is 2.67. The van der Waals surface area contributed by atoms with Gasteiger partial charge in [0.05, 0.1) is 0 Å². The number of ketones is 1. The van der Waals surface area contributed by atoms with Crippen LogP contribution in [0.3, 0.4) is 0 Å². The summed E-state index contributed by atoms with van der Waals surface area (Å²) in [7, 11) is 0. The van der Waals surface area contributed by atoms with Gasteiger partial charge in [-0.05, 0) is 24.5 Å². The van der Waals surface area contributed by atoms with Gasteiger partial charge in [-0.1, -0.05) is 60.2 Å². The van der Waals surface area contributed by atoms with Crippen LogP contribution in [-0.2, 0) is 0 Å². The molecule has 0 aromatic heterocycles. The molecule has 1 aromatic carbocycles. The lowest BCUT2D eigenvalue weighted by atomic mass is 9.84. The monoisotopic (exact) mass is 294 g/mol. The summed E-state index contributed by atoms with van der Waals surface area (Å²) in [5.41, 5.74) is 1.97. The lowest BCUT2D eigenvalue weighted by Crippen LogP contribution is -2.13. The van der Waals surface area contributed by atoms with Crippen LogP contribution in [0.4, 0.5) is 0 Å². The van der Waals surface area contributed by atoms with Gasteiger partial charge in [-0.15, -0.1) is 0 Å². The minimum Gasteiger partial charge on any atom is -0.294 e. The molecule has 0 amide bonds. The second-order valence-electron chi connectivity index (χ2n) is 5.04. The molecule has 17 heavy (non-hydrogen) atoms. The highest BCUT2D eigenvalue weighted by Gasteiger charge is 2.19. The molecule has 1 aliphatic carbocycles. The van der Waals surface area contributed by atoms with Gasteiger partial charge in [0, 0.05) is 16.5 Å². The molecule has 1 saturated carbocycles. The fourth-order valence-corrected chi connectivity index (χ4v) is 3.04. The van der Waals surface area contributed by atoms with Crippen LogP contribution in [0.25, 0.3) is 0 Å². The summed E-state index contributed by atoms with van der Waals surface area (Å²) < 4.78 is 1.03. The first-order valence-electron chi connectivity index (χ1n) is 6.47. The maximum Gasteiger partial charge on any atom is 0.163 e. The van der Waals surface area contributed by atoms with Crippen LogP contribution in [0.15, 0.2) is 22.7 Å². The van der Waals surface area contributed by atoms with Gasteiger partial charge in [0.2, 0.25) is 0 Å². The van der Waals surface area contributed by atoms with Crippen molar-refractivity contribution in [1.82, 2.24) is 0 Å². The van der Waals surface area contributed by atoms with Crippen molar-refractivity contribution in [3.8, 4) is 0 Å². The highest BCUT2D eigenvalue weighted by Crippen LogP contribution is 2.29. The molecule has 0 radical (unpaired) electrons. The van der Waals surface area contributed by atoms with Crippen LogP contribution in [0.2, 0.25) is 0 Å². The Balaban J connectivity index is 2.06. The maximum absolute atomic E-state index is 12.3. The van der Waals surface area contributed by atoms with Crippen LogP contribution in [-0.4, -0.2) is 5.78 Å². The molecule has 0 saturated heterocycles. The van der Waals surface area contributed by atoms with E-state index in [0.29, 0.717) is 11.7 Å². The smallest absolute Gasteiger partial charge is 0.163 e. The first-order chi connectivity index (χ1) is 8.18. The Morgan fingerprint density at radius 1 is 1.29 bits per heavy atom. The first kappa shape index (κ1) is 12.8. The Kier molecular flexibility index (Phi) is 4.38. The van der Waals surface area contributed by atoms with Gasteiger partial charge in [-0.2, -0.15) is 0 Å². The second-order valence-corrected chi connectivity index (χ2v) is 5.90. The zero-order valence-corrected chi connectivity index (χ0v) is 11.9. The largest absolute Gasteiger partial charge is 0.294 e. The number of hydrogen-bond donors (Lipinski definition) is 0. The predicted octanol–water partition coefficient (Wildman–Crippen LogP) is 4.91. The standard InChI is InChI=1S/C15H19BrO/c1-11-13(8-5-9-14(11)16)15(17)10-12-6-3-2-4-7-12/h5,8-9,12H,2-4,6-7,10H2,1H3. The van der Waals surface area contributed by atoms with Crippen LogP contribution in [0.1, 0.15) is 54.4 Å². The third-order valence-corrected chi connectivity index (χ3v) is 4.63. The molecular weight excluding hydrogens is 276 g/mol. The van der Waals surface area contributed by atoms with Crippen molar-refractivity contribution in [1.29, 1.82) is 0 Å². The molecule has 0 heterocycles. The van der Waals surface area contributed by atoms with E-state index in [4.69, 9.17) is 0 Å². The maximum atomic E-state index is 12.3. The Bertz CT molecular complexity index is 405. The zero-order valence-electron chi connectivity index (χ0n) is 10.3. The van der Waals surface area contributed by atoms with Crippen molar-refractivity contribution < 1.29 is 4.79 Å². The number of carbonyl (C=O) groups is 1. The number of benzene rings is 1. The Hall–Kier alpha value is -0.630. The van der Waals surface area contributed by atoms with Crippen LogP contribution in [0.5, 0.6) is 0 Å². The van der Waals surface area contributed by atoms with Gasteiger partial charge in [-0.3, -0.25) is 4.79 Å². The zero-order chi connectivity index (χ0) is 12.3. The van der Waals surface area contributed by atoms with E-state index in [-0.39, 0.29) is 0 Å². The van der Waals surface area contributed by atoms with Crippen molar-refractivity contribution in [3.63, 3.8) is 0 Å². The highest BCUT2D eigenvalue weighted by atomic mass is 79.9. The second kappa shape index (κ2) is 5.81. The minimum absolute atomic E-state index is 0.315. The molecular formula is C15H19BrO. The summed E-state index contributed by atoms with van der Waals surface area (Å²) in [5, 5.41) is 0. The van der Waals surface area contributed by atoms with E-state index < -0.39 is 0 Å². The van der Waals surface area contributed by atoms with Crippen LogP contribution in [0, 0.1) is 12.8 Å². The van der Waals surface area contributed by atoms with E-state index in [2.05, 4.69) is 15.9 Å².